The van der Waals surface area contributed by atoms with Crippen LogP contribution < -0.4 is 4.90 Å². The van der Waals surface area contributed by atoms with Crippen LogP contribution in [0.25, 0.3) is 0 Å². The summed E-state index contributed by atoms with van der Waals surface area (Å²) in [6.07, 6.45) is 10.8. The van der Waals surface area contributed by atoms with E-state index < -0.39 is 0 Å². The molecule has 0 aromatic carbocycles. The summed E-state index contributed by atoms with van der Waals surface area (Å²) in [5, 5.41) is 5.02. The molecule has 4 heteroatoms. The van der Waals surface area contributed by atoms with E-state index in [4.69, 9.17) is 0 Å². The lowest BCUT2D eigenvalue weighted by Gasteiger charge is -2.35. The molecule has 0 N–H and O–H groups in total. The summed E-state index contributed by atoms with van der Waals surface area (Å²) in [5.41, 5.74) is 1.25. The first kappa shape index (κ1) is 12.6. The van der Waals surface area contributed by atoms with Gasteiger partial charge in [-0.2, -0.15) is 0 Å². The Morgan fingerprint density at radius 1 is 0.947 bits per heavy atom. The molecule has 3 rings (SSSR count). The number of pyridine rings is 1. The summed E-state index contributed by atoms with van der Waals surface area (Å²) in [6, 6.07) is 4.18. The van der Waals surface area contributed by atoms with Crippen molar-refractivity contribution < 1.29 is 0 Å². The third-order valence-electron chi connectivity index (χ3n) is 3.92. The summed E-state index contributed by atoms with van der Waals surface area (Å²) < 4.78 is 0. The molecule has 2 aliphatic rings. The fourth-order valence-corrected chi connectivity index (χ4v) is 2.87. The van der Waals surface area contributed by atoms with E-state index in [9.17, 15) is 0 Å². The Morgan fingerprint density at radius 3 is 2.74 bits per heavy atom. The maximum Gasteiger partial charge on any atom is 0.0553 e. The molecule has 4 nitrogen and oxygen atoms in total. The first-order chi connectivity index (χ1) is 9.43. The monoisotopic (exact) mass is 258 g/mol. The van der Waals surface area contributed by atoms with E-state index in [0.717, 1.165) is 26.2 Å². The largest absolute Gasteiger partial charge is 0.369 e. The number of hydrazine groups is 1. The summed E-state index contributed by atoms with van der Waals surface area (Å²) in [5.74, 6) is 0. The van der Waals surface area contributed by atoms with Gasteiger partial charge in [-0.25, -0.2) is 10.0 Å². The average molecular weight is 258 g/mol. The van der Waals surface area contributed by atoms with Crippen molar-refractivity contribution in [1.29, 1.82) is 0 Å². The highest BCUT2D eigenvalue weighted by atomic mass is 15.6. The Morgan fingerprint density at radius 2 is 1.95 bits per heavy atom. The summed E-state index contributed by atoms with van der Waals surface area (Å²) >= 11 is 0. The molecule has 1 aromatic heterocycles. The number of aromatic nitrogens is 1. The van der Waals surface area contributed by atoms with Gasteiger partial charge in [-0.15, -0.1) is 0 Å². The fraction of sp³-hybridized carbons (Fsp3) is 0.533. The SMILES string of the molecule is C1=CCN(N2CCCN(c3cccnc3)CC2)CC1. The van der Waals surface area contributed by atoms with Crippen LogP contribution in [0.2, 0.25) is 0 Å². The molecule has 3 heterocycles. The van der Waals surface area contributed by atoms with Crippen molar-refractivity contribution in [2.24, 2.45) is 0 Å². The third-order valence-corrected chi connectivity index (χ3v) is 3.92. The van der Waals surface area contributed by atoms with E-state index in [0.29, 0.717) is 0 Å². The topological polar surface area (TPSA) is 22.6 Å². The molecule has 19 heavy (non-hydrogen) atoms. The first-order valence-electron chi connectivity index (χ1n) is 7.23. The lowest BCUT2D eigenvalue weighted by atomic mass is 10.3. The van der Waals surface area contributed by atoms with Gasteiger partial charge in [0.1, 0.15) is 0 Å². The molecule has 0 spiro atoms. The fourth-order valence-electron chi connectivity index (χ4n) is 2.87. The maximum atomic E-state index is 4.22. The predicted octanol–water partition coefficient (Wildman–Crippen LogP) is 1.77. The van der Waals surface area contributed by atoms with Crippen LogP contribution in [0.4, 0.5) is 5.69 Å². The maximum absolute atomic E-state index is 4.22. The van der Waals surface area contributed by atoms with E-state index in [1.165, 1.54) is 31.6 Å². The van der Waals surface area contributed by atoms with Crippen molar-refractivity contribution >= 4 is 5.69 Å². The van der Waals surface area contributed by atoms with Crippen LogP contribution in [0.3, 0.4) is 0 Å². The van der Waals surface area contributed by atoms with Crippen LogP contribution in [0.15, 0.2) is 36.7 Å². The second-order valence-electron chi connectivity index (χ2n) is 5.18. The van der Waals surface area contributed by atoms with E-state index in [1.54, 1.807) is 0 Å². The quantitative estimate of drug-likeness (QED) is 0.754. The van der Waals surface area contributed by atoms with Crippen molar-refractivity contribution in [2.45, 2.75) is 12.8 Å². The average Bonchev–Trinajstić information content (AvgIpc) is 2.75. The van der Waals surface area contributed by atoms with Gasteiger partial charge in [0.2, 0.25) is 0 Å². The highest BCUT2D eigenvalue weighted by Gasteiger charge is 2.20. The summed E-state index contributed by atoms with van der Waals surface area (Å²) in [6.45, 7) is 6.75. The van der Waals surface area contributed by atoms with E-state index in [1.807, 2.05) is 18.5 Å². The molecule has 0 amide bonds. The third kappa shape index (κ3) is 3.14. The van der Waals surface area contributed by atoms with Crippen molar-refractivity contribution in [2.75, 3.05) is 44.2 Å². The van der Waals surface area contributed by atoms with E-state index >= 15 is 0 Å². The van der Waals surface area contributed by atoms with Gasteiger partial charge in [-0.05, 0) is 25.0 Å². The van der Waals surface area contributed by atoms with Gasteiger partial charge in [0.25, 0.3) is 0 Å². The Balaban J connectivity index is 1.61. The van der Waals surface area contributed by atoms with E-state index in [2.05, 4.69) is 38.1 Å². The van der Waals surface area contributed by atoms with Crippen molar-refractivity contribution in [3.63, 3.8) is 0 Å². The van der Waals surface area contributed by atoms with Gasteiger partial charge in [0, 0.05) is 45.5 Å². The predicted molar refractivity (Wildman–Crippen MR) is 78.0 cm³/mol. The molecule has 0 saturated carbocycles. The number of hydrogen-bond donors (Lipinski definition) is 0. The molecule has 0 unspecified atom stereocenters. The van der Waals surface area contributed by atoms with Crippen LogP contribution in [0.1, 0.15) is 12.8 Å². The summed E-state index contributed by atoms with van der Waals surface area (Å²) in [7, 11) is 0. The Kier molecular flexibility index (Phi) is 4.10. The van der Waals surface area contributed by atoms with Crippen LogP contribution in [0.5, 0.6) is 0 Å². The zero-order valence-corrected chi connectivity index (χ0v) is 11.4. The molecule has 1 saturated heterocycles. The van der Waals surface area contributed by atoms with Crippen LogP contribution in [-0.4, -0.2) is 54.3 Å². The highest BCUT2D eigenvalue weighted by Crippen LogP contribution is 2.16. The lowest BCUT2D eigenvalue weighted by Crippen LogP contribution is -2.46. The number of anilines is 1. The number of nitrogens with zero attached hydrogens (tertiary/aromatic N) is 4. The molecular formula is C15H22N4. The highest BCUT2D eigenvalue weighted by molar-refractivity contribution is 5.43. The minimum absolute atomic E-state index is 1.08. The Labute approximate surface area is 115 Å². The zero-order valence-electron chi connectivity index (χ0n) is 11.4. The van der Waals surface area contributed by atoms with Crippen LogP contribution >= 0.6 is 0 Å². The van der Waals surface area contributed by atoms with Crippen molar-refractivity contribution in [3.8, 4) is 0 Å². The van der Waals surface area contributed by atoms with Crippen molar-refractivity contribution in [3.05, 3.63) is 36.7 Å². The number of rotatable bonds is 2. The molecular weight excluding hydrogens is 236 g/mol. The molecule has 1 fully saturated rings. The van der Waals surface area contributed by atoms with Crippen LogP contribution in [0, 0.1) is 0 Å². The van der Waals surface area contributed by atoms with Gasteiger partial charge >= 0.3 is 0 Å². The molecule has 0 bridgehead atoms. The molecule has 0 radical (unpaired) electrons. The van der Waals surface area contributed by atoms with Gasteiger partial charge in [0.05, 0.1) is 11.9 Å². The molecule has 0 aliphatic carbocycles. The van der Waals surface area contributed by atoms with Gasteiger partial charge in [0.15, 0.2) is 0 Å². The number of hydrogen-bond acceptors (Lipinski definition) is 4. The molecule has 2 aliphatic heterocycles. The second kappa shape index (κ2) is 6.17. The Hall–Kier alpha value is -1.39. The minimum atomic E-state index is 1.08. The lowest BCUT2D eigenvalue weighted by molar-refractivity contribution is -0.0105. The van der Waals surface area contributed by atoms with Gasteiger partial charge < -0.3 is 4.90 Å². The van der Waals surface area contributed by atoms with Crippen LogP contribution in [-0.2, 0) is 0 Å². The second-order valence-corrected chi connectivity index (χ2v) is 5.18. The van der Waals surface area contributed by atoms with Gasteiger partial charge in [-0.1, -0.05) is 12.2 Å². The smallest absolute Gasteiger partial charge is 0.0553 e. The summed E-state index contributed by atoms with van der Waals surface area (Å²) in [4.78, 5) is 6.68. The molecule has 102 valence electrons. The molecule has 1 aromatic rings. The Bertz CT molecular complexity index is 417. The zero-order chi connectivity index (χ0) is 12.9. The van der Waals surface area contributed by atoms with E-state index in [-0.39, 0.29) is 0 Å². The standard InChI is InChI=1S/C15H22N4/c1-2-9-18(10-3-1)19-11-5-8-17(12-13-19)15-6-4-7-16-14-15/h1-2,4,6-7,14H,3,5,8-13H2. The first-order valence-corrected chi connectivity index (χ1v) is 7.23. The minimum Gasteiger partial charge on any atom is -0.369 e. The van der Waals surface area contributed by atoms with Crippen molar-refractivity contribution in [1.82, 2.24) is 15.0 Å². The normalized spacial score (nSPS) is 22.4. The van der Waals surface area contributed by atoms with Gasteiger partial charge in [-0.3, -0.25) is 4.98 Å². The molecule has 0 atom stereocenters.